The number of nitrogens with one attached hydrogen (secondary N) is 1. The van der Waals surface area contributed by atoms with Crippen molar-refractivity contribution in [1.29, 1.82) is 0 Å². The Morgan fingerprint density at radius 3 is 2.76 bits per heavy atom. The minimum absolute atomic E-state index is 0.254. The Labute approximate surface area is 149 Å². The van der Waals surface area contributed by atoms with Crippen molar-refractivity contribution in [2.24, 2.45) is 0 Å². The number of amides is 2. The number of benzene rings is 1. The number of aromatic nitrogens is 2. The van der Waals surface area contributed by atoms with E-state index in [1.54, 1.807) is 19.2 Å². The number of carbonyl (C=O) groups excluding carboxylic acids is 2. The minimum Gasteiger partial charge on any atom is -0.463 e. The van der Waals surface area contributed by atoms with Gasteiger partial charge in [-0.25, -0.2) is 9.59 Å². The largest absolute Gasteiger partial charge is 0.463 e. The van der Waals surface area contributed by atoms with Crippen LogP contribution in [0.1, 0.15) is 31.1 Å². The molecule has 1 aliphatic rings. The topological polar surface area (TPSA) is 84.4 Å². The molecule has 1 aliphatic heterocycles. The number of urea groups is 1. The van der Waals surface area contributed by atoms with Crippen LogP contribution in [-0.2, 0) is 16.1 Å². The third-order valence-corrected chi connectivity index (χ3v) is 4.47. The van der Waals surface area contributed by atoms with Crippen molar-refractivity contribution >= 4 is 23.5 Å². The van der Waals surface area contributed by atoms with E-state index in [-0.39, 0.29) is 12.6 Å². The zero-order chi connectivity index (χ0) is 17.8. The number of nitrogens with zero attached hydrogens (tertiary/aromatic N) is 3. The van der Waals surface area contributed by atoms with E-state index in [0.717, 1.165) is 5.56 Å². The van der Waals surface area contributed by atoms with Crippen molar-refractivity contribution in [3.63, 3.8) is 0 Å². The molecule has 0 fully saturated rings. The Morgan fingerprint density at radius 1 is 1.36 bits per heavy atom. The summed E-state index contributed by atoms with van der Waals surface area (Å²) in [6.07, 6.45) is 0. The first kappa shape index (κ1) is 17.1. The third kappa shape index (κ3) is 3.53. The number of carbonyl (C=O) groups is 2. The maximum Gasteiger partial charge on any atom is 0.338 e. The molecule has 3 rings (SSSR count). The Hall–Kier alpha value is -2.74. The lowest BCUT2D eigenvalue weighted by Gasteiger charge is -2.34. The third-order valence-electron chi connectivity index (χ3n) is 3.95. The molecule has 0 spiro atoms. The predicted molar refractivity (Wildman–Crippen MR) is 92.5 cm³/mol. The lowest BCUT2D eigenvalue weighted by molar-refractivity contribution is -0.139. The molecule has 2 aromatic rings. The lowest BCUT2D eigenvalue weighted by Crippen LogP contribution is -2.47. The van der Waals surface area contributed by atoms with Gasteiger partial charge in [0.1, 0.15) is 11.7 Å². The first-order chi connectivity index (χ1) is 12.1. The van der Waals surface area contributed by atoms with Gasteiger partial charge in [0.15, 0.2) is 0 Å². The normalized spacial score (nSPS) is 17.4. The van der Waals surface area contributed by atoms with Crippen LogP contribution >= 0.6 is 11.5 Å². The molecule has 25 heavy (non-hydrogen) atoms. The van der Waals surface area contributed by atoms with Crippen LogP contribution in [0.2, 0.25) is 0 Å². The Kier molecular flexibility index (Phi) is 5.08. The van der Waals surface area contributed by atoms with Gasteiger partial charge in [-0.3, -0.25) is 4.90 Å². The van der Waals surface area contributed by atoms with E-state index >= 15 is 0 Å². The maximum atomic E-state index is 12.6. The number of ether oxygens (including phenoxy) is 1. The average molecular weight is 358 g/mol. The first-order valence-corrected chi connectivity index (χ1v) is 8.72. The van der Waals surface area contributed by atoms with Crippen LogP contribution < -0.4 is 5.32 Å². The Morgan fingerprint density at radius 2 is 2.12 bits per heavy atom. The van der Waals surface area contributed by atoms with Crippen molar-refractivity contribution in [1.82, 2.24) is 19.8 Å². The van der Waals surface area contributed by atoms with Gasteiger partial charge in [0.2, 0.25) is 0 Å². The Bertz CT molecular complexity index is 789. The van der Waals surface area contributed by atoms with E-state index in [2.05, 4.69) is 14.9 Å². The van der Waals surface area contributed by atoms with Crippen LogP contribution in [0.25, 0.3) is 0 Å². The summed E-state index contributed by atoms with van der Waals surface area (Å²) in [6, 6.07) is 8.66. The fraction of sp³-hybridized carbons (Fsp3) is 0.294. The predicted octanol–water partition coefficient (Wildman–Crippen LogP) is 2.64. The molecule has 0 bridgehead atoms. The zero-order valence-corrected chi connectivity index (χ0v) is 14.7. The summed E-state index contributed by atoms with van der Waals surface area (Å²) in [5.74, 6) is -0.462. The van der Waals surface area contributed by atoms with Gasteiger partial charge in [-0.15, -0.1) is 5.10 Å². The van der Waals surface area contributed by atoms with Crippen LogP contribution in [0.3, 0.4) is 0 Å². The summed E-state index contributed by atoms with van der Waals surface area (Å²) in [5, 5.41) is 8.56. The van der Waals surface area contributed by atoms with Crippen molar-refractivity contribution in [3.8, 4) is 0 Å². The fourth-order valence-electron chi connectivity index (χ4n) is 2.73. The molecule has 1 atom stereocenters. The monoisotopic (exact) mass is 358 g/mol. The van der Waals surface area contributed by atoms with Gasteiger partial charge in [0.25, 0.3) is 0 Å². The summed E-state index contributed by atoms with van der Waals surface area (Å²) in [6.45, 7) is 4.12. The molecule has 2 amide bonds. The summed E-state index contributed by atoms with van der Waals surface area (Å²) < 4.78 is 9.02. The number of hydrogen-bond acceptors (Lipinski definition) is 6. The van der Waals surface area contributed by atoms with Gasteiger partial charge in [0.05, 0.1) is 18.7 Å². The summed E-state index contributed by atoms with van der Waals surface area (Å²) in [7, 11) is 0. The molecule has 0 saturated heterocycles. The van der Waals surface area contributed by atoms with Crippen molar-refractivity contribution in [2.75, 3.05) is 6.61 Å². The number of hydrogen-bond donors (Lipinski definition) is 1. The zero-order valence-electron chi connectivity index (χ0n) is 13.9. The van der Waals surface area contributed by atoms with Crippen molar-refractivity contribution in [2.45, 2.75) is 26.4 Å². The van der Waals surface area contributed by atoms with Gasteiger partial charge < -0.3 is 10.1 Å². The molecule has 1 N–H and O–H groups in total. The fourth-order valence-corrected chi connectivity index (χ4v) is 3.21. The second-order valence-corrected chi connectivity index (χ2v) is 6.11. The van der Waals surface area contributed by atoms with Gasteiger partial charge >= 0.3 is 12.0 Å². The van der Waals surface area contributed by atoms with Crippen LogP contribution in [0.15, 0.2) is 47.0 Å². The molecular weight excluding hydrogens is 340 g/mol. The van der Waals surface area contributed by atoms with E-state index in [9.17, 15) is 9.59 Å². The van der Waals surface area contributed by atoms with Crippen molar-refractivity contribution < 1.29 is 14.3 Å². The van der Waals surface area contributed by atoms with Gasteiger partial charge in [-0.1, -0.05) is 34.8 Å². The number of esters is 1. The first-order valence-electron chi connectivity index (χ1n) is 7.88. The quantitative estimate of drug-likeness (QED) is 0.831. The molecular formula is C17H18N4O3S. The van der Waals surface area contributed by atoms with E-state index in [1.165, 1.54) is 16.4 Å². The second kappa shape index (κ2) is 7.43. The van der Waals surface area contributed by atoms with E-state index in [4.69, 9.17) is 4.74 Å². The van der Waals surface area contributed by atoms with Crippen LogP contribution in [-0.4, -0.2) is 33.1 Å². The highest BCUT2D eigenvalue weighted by molar-refractivity contribution is 7.03. The number of allylic oxidation sites excluding steroid dienone is 1. The molecule has 7 nitrogen and oxygen atoms in total. The molecule has 2 heterocycles. The maximum absolute atomic E-state index is 12.6. The summed E-state index contributed by atoms with van der Waals surface area (Å²) in [5.41, 5.74) is 2.43. The molecule has 0 aliphatic carbocycles. The molecule has 1 aromatic heterocycles. The second-order valence-electron chi connectivity index (χ2n) is 5.50. The van der Waals surface area contributed by atoms with Crippen LogP contribution in [0.4, 0.5) is 4.79 Å². The van der Waals surface area contributed by atoms with Gasteiger partial charge in [-0.05, 0) is 30.9 Å². The minimum atomic E-state index is -0.655. The molecule has 1 unspecified atom stereocenters. The van der Waals surface area contributed by atoms with E-state index in [0.29, 0.717) is 23.5 Å². The number of rotatable bonds is 5. The molecule has 0 saturated carbocycles. The van der Waals surface area contributed by atoms with Crippen molar-refractivity contribution in [3.05, 3.63) is 58.2 Å². The van der Waals surface area contributed by atoms with E-state index < -0.39 is 12.0 Å². The lowest BCUT2D eigenvalue weighted by atomic mass is 9.99. The molecule has 130 valence electrons. The van der Waals surface area contributed by atoms with Crippen LogP contribution in [0.5, 0.6) is 0 Å². The standard InChI is InChI=1S/C17H18N4O3S/c1-3-24-16(22)14-11(2)21(9-12-7-5-4-6-8-12)17(23)18-15(14)13-10-25-20-19-13/h4-8,10,15H,3,9H2,1-2H3,(H,18,23). The highest BCUT2D eigenvalue weighted by Crippen LogP contribution is 2.31. The van der Waals surface area contributed by atoms with Gasteiger partial charge in [-0.2, -0.15) is 0 Å². The van der Waals surface area contributed by atoms with Crippen LogP contribution in [0, 0.1) is 0 Å². The summed E-state index contributed by atoms with van der Waals surface area (Å²) in [4.78, 5) is 26.7. The average Bonchev–Trinajstić information content (AvgIpc) is 3.13. The van der Waals surface area contributed by atoms with E-state index in [1.807, 2.05) is 30.3 Å². The highest BCUT2D eigenvalue weighted by Gasteiger charge is 2.37. The molecule has 1 aromatic carbocycles. The molecule has 0 radical (unpaired) electrons. The molecule has 8 heteroatoms. The smallest absolute Gasteiger partial charge is 0.338 e. The Balaban J connectivity index is 2.00. The highest BCUT2D eigenvalue weighted by atomic mass is 32.1. The summed E-state index contributed by atoms with van der Waals surface area (Å²) >= 11 is 1.17. The van der Waals surface area contributed by atoms with Gasteiger partial charge in [0, 0.05) is 11.1 Å². The SMILES string of the molecule is CCOC(=O)C1=C(C)N(Cc2ccccc2)C(=O)NC1c1csnn1.